The van der Waals surface area contributed by atoms with E-state index in [-0.39, 0.29) is 31.1 Å². The van der Waals surface area contributed by atoms with Gasteiger partial charge >= 0.3 is 5.97 Å². The molecule has 1 unspecified atom stereocenters. The first kappa shape index (κ1) is 16.8. The highest BCUT2D eigenvalue weighted by Crippen LogP contribution is 2.09. The Morgan fingerprint density at radius 1 is 1.19 bits per heavy atom. The molecule has 1 atom stereocenters. The molecule has 1 aromatic rings. The van der Waals surface area contributed by atoms with Gasteiger partial charge in [-0.1, -0.05) is 6.92 Å². The Bertz CT molecular complexity index is 527. The maximum absolute atomic E-state index is 12.7. The lowest BCUT2D eigenvalue weighted by Gasteiger charge is -2.19. The largest absolute Gasteiger partial charge is 0.481 e. The minimum Gasteiger partial charge on any atom is -0.481 e. The summed E-state index contributed by atoms with van der Waals surface area (Å²) < 4.78 is 12.7. The molecule has 0 heterocycles. The van der Waals surface area contributed by atoms with Crippen molar-refractivity contribution in [3.05, 3.63) is 35.6 Å². The molecule has 1 rings (SSSR count). The van der Waals surface area contributed by atoms with E-state index in [1.54, 1.807) is 0 Å². The van der Waals surface area contributed by atoms with Crippen molar-refractivity contribution in [2.75, 3.05) is 13.6 Å². The molecular formula is C15H18FNO4. The number of hydrogen-bond donors (Lipinski definition) is 1. The van der Waals surface area contributed by atoms with Crippen LogP contribution in [0.2, 0.25) is 0 Å². The van der Waals surface area contributed by atoms with Crippen LogP contribution in [0, 0.1) is 11.7 Å². The second kappa shape index (κ2) is 7.52. The van der Waals surface area contributed by atoms with E-state index in [0.717, 1.165) is 0 Å². The number of ketones is 1. The molecule has 1 aromatic carbocycles. The van der Waals surface area contributed by atoms with Gasteiger partial charge in [-0.3, -0.25) is 14.4 Å². The van der Waals surface area contributed by atoms with Crippen LogP contribution in [0.25, 0.3) is 0 Å². The highest BCUT2D eigenvalue weighted by molar-refractivity contribution is 5.97. The highest BCUT2D eigenvalue weighted by atomic mass is 19.1. The van der Waals surface area contributed by atoms with Gasteiger partial charge < -0.3 is 10.0 Å². The predicted molar refractivity (Wildman–Crippen MR) is 74.4 cm³/mol. The molecule has 0 aliphatic heterocycles. The lowest BCUT2D eigenvalue weighted by Crippen LogP contribution is -2.33. The summed E-state index contributed by atoms with van der Waals surface area (Å²) >= 11 is 0. The zero-order valence-corrected chi connectivity index (χ0v) is 12.0. The lowest BCUT2D eigenvalue weighted by molar-refractivity contribution is -0.142. The smallest absolute Gasteiger partial charge is 0.308 e. The van der Waals surface area contributed by atoms with E-state index in [4.69, 9.17) is 5.11 Å². The van der Waals surface area contributed by atoms with E-state index in [2.05, 4.69) is 0 Å². The SMILES string of the molecule is CC(CN(C)C(=O)CCC(=O)c1ccc(F)cc1)C(=O)O. The van der Waals surface area contributed by atoms with Crippen molar-refractivity contribution in [2.45, 2.75) is 19.8 Å². The van der Waals surface area contributed by atoms with Gasteiger partial charge in [-0.25, -0.2) is 4.39 Å². The molecule has 0 aromatic heterocycles. The Hall–Kier alpha value is -2.24. The third-order valence-electron chi connectivity index (χ3n) is 3.13. The molecule has 0 bridgehead atoms. The molecule has 0 aliphatic rings. The van der Waals surface area contributed by atoms with Gasteiger partial charge in [0, 0.05) is 32.0 Å². The van der Waals surface area contributed by atoms with E-state index < -0.39 is 17.7 Å². The number of aliphatic carboxylic acids is 1. The van der Waals surface area contributed by atoms with E-state index in [9.17, 15) is 18.8 Å². The molecule has 0 fully saturated rings. The molecule has 21 heavy (non-hydrogen) atoms. The van der Waals surface area contributed by atoms with Crippen LogP contribution in [0.1, 0.15) is 30.1 Å². The van der Waals surface area contributed by atoms with Crippen LogP contribution < -0.4 is 0 Å². The third kappa shape index (κ3) is 5.33. The average Bonchev–Trinajstić information content (AvgIpc) is 2.44. The summed E-state index contributed by atoms with van der Waals surface area (Å²) in [5.74, 6) is -2.60. The maximum atomic E-state index is 12.7. The molecule has 5 nitrogen and oxygen atoms in total. The maximum Gasteiger partial charge on any atom is 0.308 e. The number of rotatable bonds is 7. The number of hydrogen-bond acceptors (Lipinski definition) is 3. The molecule has 0 aliphatic carbocycles. The summed E-state index contributed by atoms with van der Waals surface area (Å²) in [6, 6.07) is 5.13. The second-order valence-electron chi connectivity index (χ2n) is 4.94. The normalized spacial score (nSPS) is 11.8. The van der Waals surface area contributed by atoms with Crippen LogP contribution in [-0.4, -0.2) is 41.3 Å². The van der Waals surface area contributed by atoms with E-state index in [1.165, 1.54) is 43.1 Å². The minimum absolute atomic E-state index is 0.000944. The monoisotopic (exact) mass is 295 g/mol. The Morgan fingerprint density at radius 3 is 2.29 bits per heavy atom. The van der Waals surface area contributed by atoms with Crippen LogP contribution in [0.3, 0.4) is 0 Å². The highest BCUT2D eigenvalue weighted by Gasteiger charge is 2.18. The average molecular weight is 295 g/mol. The van der Waals surface area contributed by atoms with Gasteiger partial charge in [0.05, 0.1) is 5.92 Å². The Labute approximate surface area is 122 Å². The van der Waals surface area contributed by atoms with Gasteiger partial charge in [0.15, 0.2) is 5.78 Å². The van der Waals surface area contributed by atoms with E-state index in [0.29, 0.717) is 5.56 Å². The molecule has 1 amide bonds. The van der Waals surface area contributed by atoms with Crippen molar-refractivity contribution < 1.29 is 23.9 Å². The first-order valence-electron chi connectivity index (χ1n) is 6.56. The Balaban J connectivity index is 2.47. The van der Waals surface area contributed by atoms with Crippen LogP contribution in [0.5, 0.6) is 0 Å². The molecule has 0 radical (unpaired) electrons. The fraction of sp³-hybridized carbons (Fsp3) is 0.400. The van der Waals surface area contributed by atoms with Crippen LogP contribution >= 0.6 is 0 Å². The fourth-order valence-corrected chi connectivity index (χ4v) is 1.78. The number of carbonyl (C=O) groups excluding carboxylic acids is 2. The lowest BCUT2D eigenvalue weighted by atomic mass is 10.1. The summed E-state index contributed by atoms with van der Waals surface area (Å²) in [6.07, 6.45) is 0.00923. The minimum atomic E-state index is -0.975. The Morgan fingerprint density at radius 2 is 1.76 bits per heavy atom. The molecule has 1 N–H and O–H groups in total. The number of halogens is 1. The third-order valence-corrected chi connectivity index (χ3v) is 3.13. The molecule has 0 spiro atoms. The van der Waals surface area contributed by atoms with Gasteiger partial charge in [-0.05, 0) is 24.3 Å². The van der Waals surface area contributed by atoms with Crippen molar-refractivity contribution in [3.8, 4) is 0 Å². The zero-order chi connectivity index (χ0) is 16.0. The van der Waals surface area contributed by atoms with Crippen LogP contribution in [-0.2, 0) is 9.59 Å². The number of Topliss-reactive ketones (excluding diaryl/α,β-unsaturated/α-hetero) is 1. The number of nitrogens with zero attached hydrogens (tertiary/aromatic N) is 1. The Kier molecular flexibility index (Phi) is 6.02. The van der Waals surface area contributed by atoms with Crippen molar-refractivity contribution in [1.29, 1.82) is 0 Å². The number of carbonyl (C=O) groups is 3. The van der Waals surface area contributed by atoms with E-state index >= 15 is 0 Å². The van der Waals surface area contributed by atoms with Crippen molar-refractivity contribution in [3.63, 3.8) is 0 Å². The summed E-state index contributed by atoms with van der Waals surface area (Å²) in [7, 11) is 1.50. The predicted octanol–water partition coefficient (Wildman–Crippen LogP) is 1.97. The quantitative estimate of drug-likeness (QED) is 0.780. The zero-order valence-electron chi connectivity index (χ0n) is 12.0. The number of amides is 1. The number of benzene rings is 1. The van der Waals surface area contributed by atoms with Gasteiger partial charge in [0.25, 0.3) is 0 Å². The molecular weight excluding hydrogens is 277 g/mol. The van der Waals surface area contributed by atoms with Gasteiger partial charge in [0.2, 0.25) is 5.91 Å². The molecule has 0 saturated heterocycles. The number of carboxylic acid groups (broad SMARTS) is 1. The van der Waals surface area contributed by atoms with Gasteiger partial charge in [-0.2, -0.15) is 0 Å². The van der Waals surface area contributed by atoms with Gasteiger partial charge in [0.1, 0.15) is 5.82 Å². The molecule has 0 saturated carbocycles. The van der Waals surface area contributed by atoms with E-state index in [1.807, 2.05) is 0 Å². The van der Waals surface area contributed by atoms with Crippen LogP contribution in [0.4, 0.5) is 4.39 Å². The first-order chi connectivity index (χ1) is 9.81. The van der Waals surface area contributed by atoms with Gasteiger partial charge in [-0.15, -0.1) is 0 Å². The second-order valence-corrected chi connectivity index (χ2v) is 4.94. The summed E-state index contributed by atoms with van der Waals surface area (Å²) in [5, 5.41) is 8.78. The first-order valence-corrected chi connectivity index (χ1v) is 6.56. The summed E-state index contributed by atoms with van der Waals surface area (Å²) in [6.45, 7) is 1.61. The number of carboxylic acids is 1. The topological polar surface area (TPSA) is 74.7 Å². The fourth-order valence-electron chi connectivity index (χ4n) is 1.78. The van der Waals surface area contributed by atoms with Crippen molar-refractivity contribution in [1.82, 2.24) is 4.90 Å². The summed E-state index contributed by atoms with van der Waals surface area (Å²) in [5.41, 5.74) is 0.353. The summed E-state index contributed by atoms with van der Waals surface area (Å²) in [4.78, 5) is 35.7. The van der Waals surface area contributed by atoms with Crippen molar-refractivity contribution in [2.24, 2.45) is 5.92 Å². The molecule has 114 valence electrons. The van der Waals surface area contributed by atoms with Crippen LogP contribution in [0.15, 0.2) is 24.3 Å². The standard InChI is InChI=1S/C15H18FNO4/c1-10(15(20)21)9-17(2)14(19)8-7-13(18)11-3-5-12(16)6-4-11/h3-6,10H,7-9H2,1-2H3,(H,20,21). The molecule has 6 heteroatoms. The van der Waals surface area contributed by atoms with Crippen molar-refractivity contribution >= 4 is 17.7 Å².